The van der Waals surface area contributed by atoms with Crippen molar-refractivity contribution >= 4 is 5.84 Å². The van der Waals surface area contributed by atoms with Gasteiger partial charge in [-0.1, -0.05) is 35.5 Å². The molecule has 1 atom stereocenters. The van der Waals surface area contributed by atoms with Gasteiger partial charge in [0, 0.05) is 11.1 Å². The molecule has 1 aromatic rings. The maximum absolute atomic E-state index is 5.37. The highest BCUT2D eigenvalue weighted by Crippen LogP contribution is 2.26. The SMILES string of the molecule is CC1ON=C(c2ccccc2)N1C(C)(C)C. The van der Waals surface area contributed by atoms with Crippen molar-refractivity contribution in [1.82, 2.24) is 4.90 Å². The Labute approximate surface area is 96.7 Å². The van der Waals surface area contributed by atoms with Crippen LogP contribution in [0.25, 0.3) is 0 Å². The minimum absolute atomic E-state index is 0.00444. The van der Waals surface area contributed by atoms with Gasteiger partial charge in [-0.05, 0) is 27.7 Å². The lowest BCUT2D eigenvalue weighted by Crippen LogP contribution is -2.48. The fourth-order valence-corrected chi connectivity index (χ4v) is 2.03. The van der Waals surface area contributed by atoms with E-state index in [0.717, 1.165) is 11.4 Å². The highest BCUT2D eigenvalue weighted by molar-refractivity contribution is 5.99. The molecule has 0 bridgehead atoms. The third kappa shape index (κ3) is 1.90. The Kier molecular flexibility index (Phi) is 2.62. The Morgan fingerprint density at radius 2 is 1.81 bits per heavy atom. The number of hydrogen-bond donors (Lipinski definition) is 0. The van der Waals surface area contributed by atoms with Crippen molar-refractivity contribution in [2.75, 3.05) is 0 Å². The van der Waals surface area contributed by atoms with Crippen molar-refractivity contribution in [2.24, 2.45) is 5.16 Å². The summed E-state index contributed by atoms with van der Waals surface area (Å²) in [5.74, 6) is 0.917. The summed E-state index contributed by atoms with van der Waals surface area (Å²) < 4.78 is 0. The molecule has 0 aliphatic carbocycles. The van der Waals surface area contributed by atoms with Crippen LogP contribution >= 0.6 is 0 Å². The fourth-order valence-electron chi connectivity index (χ4n) is 2.03. The van der Waals surface area contributed by atoms with Crippen LogP contribution in [0.4, 0.5) is 0 Å². The molecule has 0 spiro atoms. The molecule has 0 aromatic heterocycles. The van der Waals surface area contributed by atoms with Gasteiger partial charge < -0.3 is 9.74 Å². The van der Waals surface area contributed by atoms with Crippen LogP contribution in [0, 0.1) is 0 Å². The van der Waals surface area contributed by atoms with Gasteiger partial charge in [0.05, 0.1) is 0 Å². The predicted octanol–water partition coefficient (Wildman–Crippen LogP) is 2.82. The molecule has 0 fully saturated rings. The quantitative estimate of drug-likeness (QED) is 0.724. The third-order valence-electron chi connectivity index (χ3n) is 2.64. The lowest BCUT2D eigenvalue weighted by Gasteiger charge is -2.35. The van der Waals surface area contributed by atoms with Gasteiger partial charge in [-0.2, -0.15) is 0 Å². The van der Waals surface area contributed by atoms with E-state index in [0.29, 0.717) is 0 Å². The highest BCUT2D eigenvalue weighted by atomic mass is 16.7. The Morgan fingerprint density at radius 3 is 2.38 bits per heavy atom. The maximum Gasteiger partial charge on any atom is 0.199 e. The van der Waals surface area contributed by atoms with Crippen molar-refractivity contribution in [1.29, 1.82) is 0 Å². The van der Waals surface area contributed by atoms with Crippen molar-refractivity contribution in [3.05, 3.63) is 35.9 Å². The van der Waals surface area contributed by atoms with Gasteiger partial charge in [-0.25, -0.2) is 0 Å². The Morgan fingerprint density at radius 1 is 1.19 bits per heavy atom. The van der Waals surface area contributed by atoms with Crippen LogP contribution in [0.1, 0.15) is 33.3 Å². The molecule has 0 N–H and O–H groups in total. The van der Waals surface area contributed by atoms with Crippen molar-refractivity contribution in [3.8, 4) is 0 Å². The third-order valence-corrected chi connectivity index (χ3v) is 2.64. The molecule has 0 radical (unpaired) electrons. The second kappa shape index (κ2) is 3.81. The smallest absolute Gasteiger partial charge is 0.199 e. The zero-order valence-corrected chi connectivity index (χ0v) is 10.3. The highest BCUT2D eigenvalue weighted by Gasteiger charge is 2.35. The number of hydrogen-bond acceptors (Lipinski definition) is 3. The lowest BCUT2D eigenvalue weighted by atomic mass is 10.0. The fraction of sp³-hybridized carbons (Fsp3) is 0.462. The molecular formula is C13H18N2O. The second-order valence-electron chi connectivity index (χ2n) is 5.03. The molecular weight excluding hydrogens is 200 g/mol. The van der Waals surface area contributed by atoms with E-state index >= 15 is 0 Å². The average molecular weight is 218 g/mol. The van der Waals surface area contributed by atoms with Gasteiger partial charge in [0.2, 0.25) is 0 Å². The molecule has 0 saturated carbocycles. The van der Waals surface area contributed by atoms with E-state index in [1.165, 1.54) is 0 Å². The van der Waals surface area contributed by atoms with E-state index in [4.69, 9.17) is 4.84 Å². The van der Waals surface area contributed by atoms with E-state index in [2.05, 4.69) is 43.0 Å². The standard InChI is InChI=1S/C13H18N2O/c1-10-15(13(2,3)4)12(14-16-10)11-8-6-5-7-9-11/h5-10H,1-4H3. The van der Waals surface area contributed by atoms with Gasteiger partial charge in [-0.3, -0.25) is 0 Å². The Balaban J connectivity index is 2.35. The minimum atomic E-state index is -0.00444. The summed E-state index contributed by atoms with van der Waals surface area (Å²) in [4.78, 5) is 7.57. The van der Waals surface area contributed by atoms with E-state index in [9.17, 15) is 0 Å². The molecule has 3 heteroatoms. The Bertz CT molecular complexity index is 392. The zero-order chi connectivity index (χ0) is 11.8. The molecule has 16 heavy (non-hydrogen) atoms. The monoisotopic (exact) mass is 218 g/mol. The topological polar surface area (TPSA) is 24.8 Å². The van der Waals surface area contributed by atoms with E-state index in [-0.39, 0.29) is 11.8 Å². The number of nitrogens with zero attached hydrogens (tertiary/aromatic N) is 2. The maximum atomic E-state index is 5.37. The first-order chi connectivity index (χ1) is 7.50. The van der Waals surface area contributed by atoms with Crippen molar-refractivity contribution < 1.29 is 4.84 Å². The van der Waals surface area contributed by atoms with Crippen LogP contribution < -0.4 is 0 Å². The molecule has 86 valence electrons. The molecule has 1 aromatic carbocycles. The number of rotatable bonds is 1. The largest absolute Gasteiger partial charge is 0.369 e. The molecule has 1 aliphatic heterocycles. The van der Waals surface area contributed by atoms with Gasteiger partial charge in [-0.15, -0.1) is 0 Å². The van der Waals surface area contributed by atoms with Crippen LogP contribution in [0.15, 0.2) is 35.5 Å². The molecule has 0 saturated heterocycles. The van der Waals surface area contributed by atoms with Crippen LogP contribution in [0.3, 0.4) is 0 Å². The first kappa shape index (κ1) is 11.0. The van der Waals surface area contributed by atoms with E-state index < -0.39 is 0 Å². The number of oxime groups is 1. The lowest BCUT2D eigenvalue weighted by molar-refractivity contribution is -0.00795. The first-order valence-electron chi connectivity index (χ1n) is 5.59. The molecule has 1 aliphatic rings. The minimum Gasteiger partial charge on any atom is -0.369 e. The first-order valence-corrected chi connectivity index (χ1v) is 5.59. The van der Waals surface area contributed by atoms with Crippen LogP contribution in [-0.2, 0) is 4.84 Å². The van der Waals surface area contributed by atoms with Gasteiger partial charge in [0.25, 0.3) is 0 Å². The number of amidine groups is 1. The molecule has 3 nitrogen and oxygen atoms in total. The molecule has 1 heterocycles. The van der Waals surface area contributed by atoms with Gasteiger partial charge in [0.1, 0.15) is 0 Å². The summed E-state index contributed by atoms with van der Waals surface area (Å²) in [5.41, 5.74) is 1.10. The molecule has 2 rings (SSSR count). The molecule has 1 unspecified atom stereocenters. The summed E-state index contributed by atoms with van der Waals surface area (Å²) in [6.45, 7) is 8.51. The average Bonchev–Trinajstić information content (AvgIpc) is 2.61. The van der Waals surface area contributed by atoms with E-state index in [1.54, 1.807) is 0 Å². The summed E-state index contributed by atoms with van der Waals surface area (Å²) >= 11 is 0. The zero-order valence-electron chi connectivity index (χ0n) is 10.3. The summed E-state index contributed by atoms with van der Waals surface area (Å²) in [6.07, 6.45) is -0.00444. The summed E-state index contributed by atoms with van der Waals surface area (Å²) in [7, 11) is 0. The second-order valence-corrected chi connectivity index (χ2v) is 5.03. The normalized spacial score (nSPS) is 20.6. The summed E-state index contributed by atoms with van der Waals surface area (Å²) in [6, 6.07) is 10.1. The molecule has 0 amide bonds. The van der Waals surface area contributed by atoms with Gasteiger partial charge >= 0.3 is 0 Å². The Hall–Kier alpha value is -1.51. The van der Waals surface area contributed by atoms with Crippen LogP contribution in [0.5, 0.6) is 0 Å². The van der Waals surface area contributed by atoms with Crippen molar-refractivity contribution in [2.45, 2.75) is 39.5 Å². The van der Waals surface area contributed by atoms with Crippen molar-refractivity contribution in [3.63, 3.8) is 0 Å². The van der Waals surface area contributed by atoms with E-state index in [1.807, 2.05) is 25.1 Å². The van der Waals surface area contributed by atoms with Crippen LogP contribution in [-0.4, -0.2) is 22.5 Å². The van der Waals surface area contributed by atoms with Gasteiger partial charge in [0.15, 0.2) is 12.1 Å². The van der Waals surface area contributed by atoms with Crippen LogP contribution in [0.2, 0.25) is 0 Å². The summed E-state index contributed by atoms with van der Waals surface area (Å²) in [5, 5.41) is 4.18. The predicted molar refractivity (Wildman–Crippen MR) is 65.1 cm³/mol. The number of benzene rings is 1.